The molecule has 1 amide bonds. The maximum absolute atomic E-state index is 12.5. The van der Waals surface area contributed by atoms with Crippen LogP contribution in [0.1, 0.15) is 46.5 Å². The number of amides is 1. The fourth-order valence-corrected chi connectivity index (χ4v) is 3.88. The highest BCUT2D eigenvalue weighted by molar-refractivity contribution is 5.98. The zero-order valence-corrected chi connectivity index (χ0v) is 13.1. The summed E-state index contributed by atoms with van der Waals surface area (Å²) >= 11 is 0. The molecule has 3 rings (SSSR count). The van der Waals surface area contributed by atoms with Crippen molar-refractivity contribution in [3.05, 3.63) is 34.9 Å². The van der Waals surface area contributed by atoms with E-state index in [-0.39, 0.29) is 29.0 Å². The van der Waals surface area contributed by atoms with E-state index in [1.807, 2.05) is 0 Å². The van der Waals surface area contributed by atoms with E-state index in [9.17, 15) is 9.59 Å². The Bertz CT molecular complexity index is 638. The Kier molecular flexibility index (Phi) is 3.48. The molecule has 22 heavy (non-hydrogen) atoms. The smallest absolute Gasteiger partial charge is 0.335 e. The van der Waals surface area contributed by atoms with E-state index in [0.29, 0.717) is 11.5 Å². The van der Waals surface area contributed by atoms with Gasteiger partial charge < -0.3 is 15.2 Å². The maximum Gasteiger partial charge on any atom is 0.335 e. The third-order valence-electron chi connectivity index (χ3n) is 4.97. The van der Waals surface area contributed by atoms with Crippen LogP contribution in [0.5, 0.6) is 0 Å². The number of aryl methyl sites for hydroxylation is 1. The highest BCUT2D eigenvalue weighted by Crippen LogP contribution is 2.52. The van der Waals surface area contributed by atoms with Crippen LogP contribution in [-0.4, -0.2) is 35.7 Å². The second-order valence-electron chi connectivity index (χ2n) is 6.91. The molecule has 1 aliphatic carbocycles. The molecule has 0 aromatic heterocycles. The highest BCUT2D eigenvalue weighted by atomic mass is 16.5. The molecule has 0 bridgehead atoms. The summed E-state index contributed by atoms with van der Waals surface area (Å²) in [6.45, 7) is 6.74. The van der Waals surface area contributed by atoms with Crippen molar-refractivity contribution in [3.63, 3.8) is 0 Å². The Labute approximate surface area is 129 Å². The van der Waals surface area contributed by atoms with E-state index in [4.69, 9.17) is 9.84 Å². The van der Waals surface area contributed by atoms with E-state index in [0.717, 1.165) is 18.6 Å². The van der Waals surface area contributed by atoms with Crippen LogP contribution in [-0.2, 0) is 4.74 Å². The average Bonchev–Trinajstić information content (AvgIpc) is 2.90. The number of nitrogens with one attached hydrogen (secondary N) is 1. The minimum atomic E-state index is -1.02. The van der Waals surface area contributed by atoms with Crippen molar-refractivity contribution in [2.24, 2.45) is 11.3 Å². The van der Waals surface area contributed by atoms with Gasteiger partial charge in [0.25, 0.3) is 5.91 Å². The summed E-state index contributed by atoms with van der Waals surface area (Å²) in [6.07, 6.45) is 1.18. The number of rotatable bonds is 3. The van der Waals surface area contributed by atoms with Crippen molar-refractivity contribution in [1.29, 1.82) is 0 Å². The quantitative estimate of drug-likeness (QED) is 0.898. The number of carboxylic acids is 1. The topological polar surface area (TPSA) is 75.6 Å². The molecular weight excluding hydrogens is 282 g/mol. The Morgan fingerprint density at radius 3 is 2.64 bits per heavy atom. The number of carbonyl (C=O) groups excluding carboxylic acids is 1. The maximum atomic E-state index is 12.5. The van der Waals surface area contributed by atoms with E-state index in [2.05, 4.69) is 19.2 Å². The lowest BCUT2D eigenvalue weighted by Crippen LogP contribution is -2.66. The molecule has 1 saturated heterocycles. The van der Waals surface area contributed by atoms with Crippen LogP contribution < -0.4 is 5.32 Å². The predicted molar refractivity (Wildman–Crippen MR) is 81.0 cm³/mol. The number of ether oxygens (including phenoxy) is 1. The standard InChI is InChI=1S/C17H21NO4/c1-9-6-10(8-11(7-9)16(20)21)15(19)18-13-12-4-5-22-14(12)17(13,2)3/h6-8,12-14H,4-5H2,1-3H3,(H,18,19)(H,20,21). The zero-order valence-electron chi connectivity index (χ0n) is 13.1. The number of fused-ring (bicyclic) bond motifs is 1. The number of aromatic carboxylic acids is 1. The third kappa shape index (κ3) is 2.29. The van der Waals surface area contributed by atoms with Gasteiger partial charge in [-0.1, -0.05) is 13.8 Å². The lowest BCUT2D eigenvalue weighted by atomic mass is 9.57. The number of carboxylic acid groups (broad SMARTS) is 1. The van der Waals surface area contributed by atoms with Gasteiger partial charge in [-0.2, -0.15) is 0 Å². The largest absolute Gasteiger partial charge is 0.478 e. The van der Waals surface area contributed by atoms with Gasteiger partial charge >= 0.3 is 5.97 Å². The summed E-state index contributed by atoms with van der Waals surface area (Å²) in [6, 6.07) is 4.78. The molecule has 0 radical (unpaired) electrons. The second-order valence-corrected chi connectivity index (χ2v) is 6.91. The Hall–Kier alpha value is -1.88. The number of benzene rings is 1. The van der Waals surface area contributed by atoms with Crippen molar-refractivity contribution in [2.45, 2.75) is 39.3 Å². The van der Waals surface area contributed by atoms with Crippen LogP contribution >= 0.6 is 0 Å². The summed E-state index contributed by atoms with van der Waals surface area (Å²) in [5.74, 6) is -0.872. The Morgan fingerprint density at radius 2 is 1.95 bits per heavy atom. The number of carbonyl (C=O) groups is 2. The van der Waals surface area contributed by atoms with Gasteiger partial charge in [0, 0.05) is 29.5 Å². The molecule has 5 heteroatoms. The van der Waals surface area contributed by atoms with Gasteiger partial charge in [0.05, 0.1) is 11.7 Å². The highest BCUT2D eigenvalue weighted by Gasteiger charge is 2.59. The average molecular weight is 303 g/mol. The molecule has 1 heterocycles. The van der Waals surface area contributed by atoms with Crippen LogP contribution in [0.4, 0.5) is 0 Å². The van der Waals surface area contributed by atoms with Crippen molar-refractivity contribution in [2.75, 3.05) is 6.61 Å². The minimum Gasteiger partial charge on any atom is -0.478 e. The molecule has 1 aliphatic heterocycles. The van der Waals surface area contributed by atoms with Gasteiger partial charge in [-0.25, -0.2) is 4.79 Å². The SMILES string of the molecule is Cc1cc(C(=O)O)cc(C(=O)NC2C3CCOC3C2(C)C)c1. The fraction of sp³-hybridized carbons (Fsp3) is 0.529. The monoisotopic (exact) mass is 303 g/mol. The Morgan fingerprint density at radius 1 is 1.27 bits per heavy atom. The first-order valence-electron chi connectivity index (χ1n) is 7.58. The molecule has 118 valence electrons. The van der Waals surface area contributed by atoms with Crippen LogP contribution in [0.25, 0.3) is 0 Å². The molecular formula is C17H21NO4. The molecule has 5 nitrogen and oxygen atoms in total. The molecule has 2 N–H and O–H groups in total. The molecule has 2 fully saturated rings. The van der Waals surface area contributed by atoms with Gasteiger partial charge in [-0.3, -0.25) is 4.79 Å². The van der Waals surface area contributed by atoms with Crippen molar-refractivity contribution < 1.29 is 19.4 Å². The van der Waals surface area contributed by atoms with E-state index in [1.54, 1.807) is 19.1 Å². The molecule has 3 unspecified atom stereocenters. The van der Waals surface area contributed by atoms with Gasteiger partial charge in [0.2, 0.25) is 0 Å². The first-order chi connectivity index (χ1) is 10.3. The third-order valence-corrected chi connectivity index (χ3v) is 4.97. The normalized spacial score (nSPS) is 28.6. The zero-order chi connectivity index (χ0) is 16.1. The summed E-state index contributed by atoms with van der Waals surface area (Å²) < 4.78 is 5.73. The molecule has 1 aromatic rings. The van der Waals surface area contributed by atoms with Gasteiger partial charge in [-0.15, -0.1) is 0 Å². The fourth-order valence-electron chi connectivity index (χ4n) is 3.88. The summed E-state index contributed by atoms with van der Waals surface area (Å²) in [7, 11) is 0. The molecule has 1 aromatic carbocycles. The number of hydrogen-bond donors (Lipinski definition) is 2. The summed E-state index contributed by atoms with van der Waals surface area (Å²) in [4.78, 5) is 23.6. The van der Waals surface area contributed by atoms with E-state index < -0.39 is 5.97 Å². The van der Waals surface area contributed by atoms with Crippen molar-refractivity contribution in [1.82, 2.24) is 5.32 Å². The van der Waals surface area contributed by atoms with Gasteiger partial charge in [0.1, 0.15) is 0 Å². The van der Waals surface area contributed by atoms with Crippen LogP contribution in [0.15, 0.2) is 18.2 Å². The molecule has 2 aliphatic rings. The van der Waals surface area contributed by atoms with E-state index >= 15 is 0 Å². The molecule has 1 saturated carbocycles. The summed E-state index contributed by atoms with van der Waals surface area (Å²) in [5.41, 5.74) is 1.21. The van der Waals surface area contributed by atoms with Gasteiger partial charge in [-0.05, 0) is 37.1 Å². The summed E-state index contributed by atoms with van der Waals surface area (Å²) in [5, 5.41) is 12.2. The predicted octanol–water partition coefficient (Wildman–Crippen LogP) is 2.24. The van der Waals surface area contributed by atoms with Crippen LogP contribution in [0.2, 0.25) is 0 Å². The lowest BCUT2D eigenvalue weighted by Gasteiger charge is -2.54. The molecule has 0 spiro atoms. The number of hydrogen-bond acceptors (Lipinski definition) is 3. The van der Waals surface area contributed by atoms with Crippen LogP contribution in [0.3, 0.4) is 0 Å². The lowest BCUT2D eigenvalue weighted by molar-refractivity contribution is -0.108. The first-order valence-corrected chi connectivity index (χ1v) is 7.58. The van der Waals surface area contributed by atoms with Crippen molar-refractivity contribution in [3.8, 4) is 0 Å². The van der Waals surface area contributed by atoms with Crippen LogP contribution in [0, 0.1) is 18.3 Å². The van der Waals surface area contributed by atoms with E-state index in [1.165, 1.54) is 6.07 Å². The minimum absolute atomic E-state index is 0.0706. The molecule has 3 atom stereocenters. The van der Waals surface area contributed by atoms with Crippen molar-refractivity contribution >= 4 is 11.9 Å². The second kappa shape index (κ2) is 5.09. The first kappa shape index (κ1) is 15.0. The Balaban J connectivity index is 1.79. The van der Waals surface area contributed by atoms with Gasteiger partial charge in [0.15, 0.2) is 0 Å².